The molecule has 1 aromatic carbocycles. The summed E-state index contributed by atoms with van der Waals surface area (Å²) in [4.78, 5) is 6.66. The third kappa shape index (κ3) is 3.28. The number of nitrogens with two attached hydrogens (primary N) is 1. The molecule has 0 aliphatic heterocycles. The molecule has 3 aromatic rings. The third-order valence-corrected chi connectivity index (χ3v) is 5.14. The van der Waals surface area contributed by atoms with Crippen LogP contribution >= 0.6 is 11.3 Å². The standard InChI is InChI=1S/C20H21N3S/c1-3-23(4-2)12-8-11-16-13-22-20(21)18-17(14-24-19(16)18)15-9-6-5-7-10-15/h5-7,9-10,13-14H,3-4,12H2,1-2H3,(H2,21,22). The SMILES string of the molecule is CCN(CC)CC#Cc1cnc(N)c2c(-c3ccccc3)csc12. The van der Waals surface area contributed by atoms with Gasteiger partial charge >= 0.3 is 0 Å². The number of hydrogen-bond donors (Lipinski definition) is 1. The van der Waals surface area contributed by atoms with Crippen LogP contribution in [0.4, 0.5) is 5.82 Å². The van der Waals surface area contributed by atoms with E-state index in [2.05, 4.69) is 53.1 Å². The van der Waals surface area contributed by atoms with Crippen LogP contribution in [0.2, 0.25) is 0 Å². The first-order valence-corrected chi connectivity index (χ1v) is 9.04. The predicted molar refractivity (Wildman–Crippen MR) is 104 cm³/mol. The van der Waals surface area contributed by atoms with Gasteiger partial charge in [0.15, 0.2) is 0 Å². The molecule has 3 nitrogen and oxygen atoms in total. The van der Waals surface area contributed by atoms with Gasteiger partial charge in [-0.2, -0.15) is 0 Å². The normalized spacial score (nSPS) is 10.8. The number of hydrogen-bond acceptors (Lipinski definition) is 4. The summed E-state index contributed by atoms with van der Waals surface area (Å²) >= 11 is 1.68. The second-order valence-electron chi connectivity index (χ2n) is 5.54. The van der Waals surface area contributed by atoms with Crippen LogP contribution in [0, 0.1) is 11.8 Å². The van der Waals surface area contributed by atoms with Gasteiger partial charge in [-0.15, -0.1) is 11.3 Å². The summed E-state index contributed by atoms with van der Waals surface area (Å²) < 4.78 is 1.12. The third-order valence-electron chi connectivity index (χ3n) is 4.13. The van der Waals surface area contributed by atoms with E-state index in [-0.39, 0.29) is 0 Å². The largest absolute Gasteiger partial charge is 0.383 e. The first kappa shape index (κ1) is 16.5. The van der Waals surface area contributed by atoms with Gasteiger partial charge in [0.1, 0.15) is 5.82 Å². The molecule has 0 aliphatic rings. The number of anilines is 1. The van der Waals surface area contributed by atoms with Crippen molar-refractivity contribution < 1.29 is 0 Å². The lowest BCUT2D eigenvalue weighted by atomic mass is 10.0. The number of nitrogen functional groups attached to an aromatic ring is 1. The fourth-order valence-electron chi connectivity index (χ4n) is 2.68. The number of fused-ring (bicyclic) bond motifs is 1. The maximum atomic E-state index is 6.17. The highest BCUT2D eigenvalue weighted by Gasteiger charge is 2.12. The van der Waals surface area contributed by atoms with E-state index in [0.717, 1.165) is 46.4 Å². The zero-order valence-corrected chi connectivity index (χ0v) is 14.9. The molecule has 24 heavy (non-hydrogen) atoms. The van der Waals surface area contributed by atoms with E-state index < -0.39 is 0 Å². The van der Waals surface area contributed by atoms with Gasteiger partial charge in [0, 0.05) is 17.1 Å². The van der Waals surface area contributed by atoms with Crippen molar-refractivity contribution in [2.24, 2.45) is 0 Å². The Morgan fingerprint density at radius 1 is 1.17 bits per heavy atom. The van der Waals surface area contributed by atoms with Crippen molar-refractivity contribution in [3.8, 4) is 23.0 Å². The molecule has 2 aromatic heterocycles. The molecule has 0 atom stereocenters. The van der Waals surface area contributed by atoms with Gasteiger partial charge in [-0.3, -0.25) is 4.90 Å². The fraction of sp³-hybridized carbons (Fsp3) is 0.250. The molecule has 0 fully saturated rings. The Balaban J connectivity index is 2.02. The van der Waals surface area contributed by atoms with E-state index >= 15 is 0 Å². The van der Waals surface area contributed by atoms with Gasteiger partial charge in [0.25, 0.3) is 0 Å². The molecular weight excluding hydrogens is 314 g/mol. The van der Waals surface area contributed by atoms with Crippen LogP contribution in [-0.2, 0) is 0 Å². The van der Waals surface area contributed by atoms with Crippen molar-refractivity contribution in [1.29, 1.82) is 0 Å². The lowest BCUT2D eigenvalue weighted by molar-refractivity contribution is 0.342. The zero-order chi connectivity index (χ0) is 16.9. The average Bonchev–Trinajstić information content (AvgIpc) is 3.07. The summed E-state index contributed by atoms with van der Waals surface area (Å²) in [7, 11) is 0. The van der Waals surface area contributed by atoms with Gasteiger partial charge in [-0.1, -0.05) is 56.0 Å². The lowest BCUT2D eigenvalue weighted by Crippen LogP contribution is -2.22. The number of pyridine rings is 1. The Morgan fingerprint density at radius 3 is 2.62 bits per heavy atom. The van der Waals surface area contributed by atoms with Crippen molar-refractivity contribution >= 4 is 27.2 Å². The molecule has 2 N–H and O–H groups in total. The Labute approximate surface area is 147 Å². The molecule has 0 aliphatic carbocycles. The average molecular weight is 335 g/mol. The van der Waals surface area contributed by atoms with Crippen LogP contribution in [0.25, 0.3) is 21.2 Å². The molecule has 0 unspecified atom stereocenters. The molecule has 0 saturated carbocycles. The highest BCUT2D eigenvalue weighted by atomic mass is 32.1. The summed E-state index contributed by atoms with van der Waals surface area (Å²) in [5.41, 5.74) is 9.41. The monoisotopic (exact) mass is 335 g/mol. The van der Waals surface area contributed by atoms with Crippen molar-refractivity contribution in [2.75, 3.05) is 25.4 Å². The first-order valence-electron chi connectivity index (χ1n) is 8.16. The molecule has 0 saturated heterocycles. The minimum atomic E-state index is 0.569. The Bertz CT molecular complexity index is 884. The van der Waals surface area contributed by atoms with Crippen LogP contribution in [0.1, 0.15) is 19.4 Å². The number of benzene rings is 1. The summed E-state index contributed by atoms with van der Waals surface area (Å²) in [6, 6.07) is 10.3. The van der Waals surface area contributed by atoms with Gasteiger partial charge in [0.2, 0.25) is 0 Å². The van der Waals surface area contributed by atoms with E-state index in [1.54, 1.807) is 17.5 Å². The van der Waals surface area contributed by atoms with E-state index in [1.165, 1.54) is 0 Å². The number of aromatic nitrogens is 1. The maximum absolute atomic E-state index is 6.17. The molecule has 122 valence electrons. The lowest BCUT2D eigenvalue weighted by Gasteiger charge is -2.13. The molecular formula is C20H21N3S. The summed E-state index contributed by atoms with van der Waals surface area (Å²) in [6.07, 6.45) is 1.79. The summed E-state index contributed by atoms with van der Waals surface area (Å²) in [5.74, 6) is 7.11. The van der Waals surface area contributed by atoms with Gasteiger partial charge < -0.3 is 5.73 Å². The van der Waals surface area contributed by atoms with Gasteiger partial charge in [0.05, 0.1) is 16.8 Å². The highest BCUT2D eigenvalue weighted by Crippen LogP contribution is 2.38. The molecule has 0 bridgehead atoms. The van der Waals surface area contributed by atoms with Crippen molar-refractivity contribution in [2.45, 2.75) is 13.8 Å². The number of rotatable bonds is 4. The van der Waals surface area contributed by atoms with E-state index in [4.69, 9.17) is 5.73 Å². The topological polar surface area (TPSA) is 42.2 Å². The van der Waals surface area contributed by atoms with E-state index in [1.807, 2.05) is 18.2 Å². The second-order valence-corrected chi connectivity index (χ2v) is 6.42. The van der Waals surface area contributed by atoms with Crippen LogP contribution in [0.15, 0.2) is 41.9 Å². The smallest absolute Gasteiger partial charge is 0.132 e. The zero-order valence-electron chi connectivity index (χ0n) is 14.0. The van der Waals surface area contributed by atoms with Crippen LogP contribution in [0.3, 0.4) is 0 Å². The van der Waals surface area contributed by atoms with Crippen LogP contribution in [-0.4, -0.2) is 29.5 Å². The van der Waals surface area contributed by atoms with Gasteiger partial charge in [-0.25, -0.2) is 4.98 Å². The van der Waals surface area contributed by atoms with E-state index in [0.29, 0.717) is 5.82 Å². The quantitative estimate of drug-likeness (QED) is 0.725. The molecule has 2 heterocycles. The minimum absolute atomic E-state index is 0.569. The first-order chi connectivity index (χ1) is 11.7. The molecule has 0 amide bonds. The van der Waals surface area contributed by atoms with Crippen LogP contribution in [0.5, 0.6) is 0 Å². The van der Waals surface area contributed by atoms with Crippen molar-refractivity contribution in [1.82, 2.24) is 9.88 Å². The summed E-state index contributed by atoms with van der Waals surface area (Å²) in [5, 5.41) is 3.16. The van der Waals surface area contributed by atoms with Crippen molar-refractivity contribution in [3.05, 3.63) is 47.5 Å². The number of thiophene rings is 1. The highest BCUT2D eigenvalue weighted by molar-refractivity contribution is 7.18. The summed E-state index contributed by atoms with van der Waals surface area (Å²) in [6.45, 7) is 7.10. The Kier molecular flexibility index (Phi) is 5.14. The maximum Gasteiger partial charge on any atom is 0.132 e. The Morgan fingerprint density at radius 2 is 1.92 bits per heavy atom. The number of nitrogens with zero attached hydrogens (tertiary/aromatic N) is 2. The molecule has 4 heteroatoms. The van der Waals surface area contributed by atoms with E-state index in [9.17, 15) is 0 Å². The van der Waals surface area contributed by atoms with Crippen molar-refractivity contribution in [3.63, 3.8) is 0 Å². The minimum Gasteiger partial charge on any atom is -0.383 e. The molecule has 0 radical (unpaired) electrons. The molecule has 0 spiro atoms. The molecule has 3 rings (SSSR count). The fourth-order valence-corrected chi connectivity index (χ4v) is 3.73. The second kappa shape index (κ2) is 7.48. The van der Waals surface area contributed by atoms with Gasteiger partial charge in [-0.05, 0) is 24.0 Å². The van der Waals surface area contributed by atoms with Crippen LogP contribution < -0.4 is 5.73 Å². The Hall–Kier alpha value is -2.35. The predicted octanol–water partition coefficient (Wildman–Crippen LogP) is 4.24.